The standard InChI is InChI=1S/C20H25NO3S/c1-15(2)25(23,24)21-14-16(3)18-11-9-17(10-12-18)13-20(22)19-7-5-4-6-8-19/h4-12,15-16,21H,13-14H2,1-3H3. The smallest absolute Gasteiger partial charge is 0.213 e. The minimum absolute atomic E-state index is 0.0624. The number of rotatable bonds is 8. The van der Waals surface area contributed by atoms with Gasteiger partial charge < -0.3 is 0 Å². The van der Waals surface area contributed by atoms with Crippen LogP contribution in [0.3, 0.4) is 0 Å². The van der Waals surface area contributed by atoms with E-state index in [0.717, 1.165) is 11.1 Å². The molecule has 1 N–H and O–H groups in total. The zero-order chi connectivity index (χ0) is 18.4. The second-order valence-corrected chi connectivity index (χ2v) is 8.87. The molecule has 2 rings (SSSR count). The quantitative estimate of drug-likeness (QED) is 0.733. The van der Waals surface area contributed by atoms with Gasteiger partial charge in [-0.05, 0) is 30.9 Å². The average molecular weight is 359 g/mol. The number of ketones is 1. The Kier molecular flexibility index (Phi) is 6.51. The van der Waals surface area contributed by atoms with Gasteiger partial charge in [-0.2, -0.15) is 0 Å². The molecule has 0 spiro atoms. The van der Waals surface area contributed by atoms with Gasteiger partial charge in [0.05, 0.1) is 5.25 Å². The predicted octanol–water partition coefficient (Wildman–Crippen LogP) is 3.54. The van der Waals surface area contributed by atoms with Gasteiger partial charge in [0.2, 0.25) is 10.0 Å². The molecule has 1 atom stereocenters. The van der Waals surface area contributed by atoms with Gasteiger partial charge in [-0.3, -0.25) is 4.79 Å². The van der Waals surface area contributed by atoms with Crippen LogP contribution in [0.5, 0.6) is 0 Å². The van der Waals surface area contributed by atoms with E-state index in [1.54, 1.807) is 13.8 Å². The maximum atomic E-state index is 12.2. The molecule has 0 aromatic heterocycles. The molecule has 0 saturated heterocycles. The van der Waals surface area contributed by atoms with Gasteiger partial charge in [-0.1, -0.05) is 61.5 Å². The van der Waals surface area contributed by atoms with Crippen molar-refractivity contribution in [3.8, 4) is 0 Å². The summed E-state index contributed by atoms with van der Waals surface area (Å²) < 4.78 is 26.3. The van der Waals surface area contributed by atoms with Gasteiger partial charge in [-0.25, -0.2) is 13.1 Å². The molecular formula is C20H25NO3S. The lowest BCUT2D eigenvalue weighted by Crippen LogP contribution is -2.33. The number of hydrogen-bond acceptors (Lipinski definition) is 3. The van der Waals surface area contributed by atoms with Crippen LogP contribution in [0, 0.1) is 0 Å². The number of Topliss-reactive ketones (excluding diaryl/α,β-unsaturated/α-hetero) is 1. The Bertz CT molecular complexity index is 797. The molecule has 0 fully saturated rings. The van der Waals surface area contributed by atoms with E-state index in [1.165, 1.54) is 0 Å². The van der Waals surface area contributed by atoms with Crippen LogP contribution in [0.25, 0.3) is 0 Å². The molecule has 0 radical (unpaired) electrons. The van der Waals surface area contributed by atoms with E-state index in [2.05, 4.69) is 4.72 Å². The number of benzene rings is 2. The largest absolute Gasteiger partial charge is 0.294 e. The van der Waals surface area contributed by atoms with Crippen molar-refractivity contribution in [2.75, 3.05) is 6.54 Å². The number of carbonyl (C=O) groups excluding carboxylic acids is 1. The van der Waals surface area contributed by atoms with Gasteiger partial charge in [-0.15, -0.1) is 0 Å². The molecule has 0 aliphatic heterocycles. The van der Waals surface area contributed by atoms with Crippen molar-refractivity contribution in [1.29, 1.82) is 0 Å². The number of sulfonamides is 1. The lowest BCUT2D eigenvalue weighted by molar-refractivity contribution is 0.0993. The van der Waals surface area contributed by atoms with Gasteiger partial charge in [0.25, 0.3) is 0 Å². The highest BCUT2D eigenvalue weighted by Gasteiger charge is 2.17. The molecule has 5 heteroatoms. The Hall–Kier alpha value is -1.98. The lowest BCUT2D eigenvalue weighted by atomic mass is 9.97. The van der Waals surface area contributed by atoms with Crippen LogP contribution < -0.4 is 4.72 Å². The van der Waals surface area contributed by atoms with Gasteiger partial charge >= 0.3 is 0 Å². The van der Waals surface area contributed by atoms with Crippen molar-refractivity contribution in [3.63, 3.8) is 0 Å². The van der Waals surface area contributed by atoms with Crippen LogP contribution >= 0.6 is 0 Å². The van der Waals surface area contributed by atoms with Crippen molar-refractivity contribution in [3.05, 3.63) is 71.3 Å². The summed E-state index contributed by atoms with van der Waals surface area (Å²) in [7, 11) is -3.25. The summed E-state index contributed by atoms with van der Waals surface area (Å²) in [6, 6.07) is 17.0. The minimum Gasteiger partial charge on any atom is -0.294 e. The van der Waals surface area contributed by atoms with Crippen LogP contribution in [0.2, 0.25) is 0 Å². The van der Waals surface area contributed by atoms with Gasteiger partial charge in [0, 0.05) is 18.5 Å². The van der Waals surface area contributed by atoms with Crippen molar-refractivity contribution >= 4 is 15.8 Å². The molecule has 0 amide bonds. The maximum Gasteiger partial charge on any atom is 0.213 e. The zero-order valence-electron chi connectivity index (χ0n) is 14.9. The summed E-state index contributed by atoms with van der Waals surface area (Å²) in [4.78, 5) is 12.2. The Labute approximate surface area is 150 Å². The maximum absolute atomic E-state index is 12.2. The first kappa shape index (κ1) is 19.3. The number of carbonyl (C=O) groups is 1. The molecule has 0 aliphatic rings. The average Bonchev–Trinajstić information content (AvgIpc) is 2.61. The fraction of sp³-hybridized carbons (Fsp3) is 0.350. The Morgan fingerprint density at radius 2 is 1.56 bits per heavy atom. The van der Waals surface area contributed by atoms with Crippen LogP contribution in [0.1, 0.15) is 48.2 Å². The van der Waals surface area contributed by atoms with Crippen LogP contribution in [-0.2, 0) is 16.4 Å². The van der Waals surface area contributed by atoms with E-state index in [1.807, 2.05) is 61.5 Å². The molecule has 2 aromatic carbocycles. The highest BCUT2D eigenvalue weighted by Crippen LogP contribution is 2.17. The Morgan fingerprint density at radius 3 is 2.12 bits per heavy atom. The Balaban J connectivity index is 1.96. The lowest BCUT2D eigenvalue weighted by Gasteiger charge is -2.15. The molecule has 4 nitrogen and oxygen atoms in total. The summed E-state index contributed by atoms with van der Waals surface area (Å²) in [5.41, 5.74) is 2.71. The van der Waals surface area contributed by atoms with Crippen molar-refractivity contribution in [2.45, 2.75) is 38.4 Å². The van der Waals surface area contributed by atoms with Crippen molar-refractivity contribution < 1.29 is 13.2 Å². The monoisotopic (exact) mass is 359 g/mol. The van der Waals surface area contributed by atoms with E-state index in [9.17, 15) is 13.2 Å². The summed E-state index contributed by atoms with van der Waals surface area (Å²) in [5, 5.41) is -0.439. The van der Waals surface area contributed by atoms with E-state index < -0.39 is 15.3 Å². The molecule has 25 heavy (non-hydrogen) atoms. The third-order valence-corrected chi connectivity index (χ3v) is 6.03. The van der Waals surface area contributed by atoms with E-state index >= 15 is 0 Å². The third-order valence-electron chi connectivity index (χ3n) is 4.22. The molecule has 1 unspecified atom stereocenters. The molecule has 0 bridgehead atoms. The second-order valence-electron chi connectivity index (χ2n) is 6.55. The number of hydrogen-bond donors (Lipinski definition) is 1. The number of nitrogens with one attached hydrogen (secondary N) is 1. The highest BCUT2D eigenvalue weighted by molar-refractivity contribution is 7.90. The molecular weight excluding hydrogens is 334 g/mol. The first-order valence-corrected chi connectivity index (χ1v) is 10.00. The summed E-state index contributed by atoms with van der Waals surface area (Å²) in [5.74, 6) is 0.151. The first-order valence-electron chi connectivity index (χ1n) is 8.45. The summed E-state index contributed by atoms with van der Waals surface area (Å²) >= 11 is 0. The van der Waals surface area contributed by atoms with E-state index in [0.29, 0.717) is 18.5 Å². The second kappa shape index (κ2) is 8.41. The van der Waals surface area contributed by atoms with Crippen LogP contribution in [0.15, 0.2) is 54.6 Å². The molecule has 2 aromatic rings. The Morgan fingerprint density at radius 1 is 0.960 bits per heavy atom. The molecule has 134 valence electrons. The van der Waals surface area contributed by atoms with Crippen molar-refractivity contribution in [1.82, 2.24) is 4.72 Å². The fourth-order valence-corrected chi connectivity index (χ4v) is 3.22. The van der Waals surface area contributed by atoms with E-state index in [4.69, 9.17) is 0 Å². The van der Waals surface area contributed by atoms with Gasteiger partial charge in [0.15, 0.2) is 5.78 Å². The summed E-state index contributed by atoms with van der Waals surface area (Å²) in [6.45, 7) is 5.66. The normalized spacial score (nSPS) is 13.0. The molecule has 0 saturated carbocycles. The van der Waals surface area contributed by atoms with Crippen LogP contribution in [0.4, 0.5) is 0 Å². The minimum atomic E-state index is -3.25. The predicted molar refractivity (Wildman–Crippen MR) is 101 cm³/mol. The SMILES string of the molecule is CC(CNS(=O)(=O)C(C)C)c1ccc(CC(=O)c2ccccc2)cc1. The topological polar surface area (TPSA) is 63.2 Å². The summed E-state index contributed by atoms with van der Waals surface area (Å²) in [6.07, 6.45) is 0.360. The first-order chi connectivity index (χ1) is 11.8. The molecule has 0 aliphatic carbocycles. The zero-order valence-corrected chi connectivity index (χ0v) is 15.7. The van der Waals surface area contributed by atoms with Gasteiger partial charge in [0.1, 0.15) is 0 Å². The van der Waals surface area contributed by atoms with Crippen molar-refractivity contribution in [2.24, 2.45) is 0 Å². The molecule has 0 heterocycles. The highest BCUT2D eigenvalue weighted by atomic mass is 32.2. The third kappa shape index (κ3) is 5.51. The van der Waals surface area contributed by atoms with E-state index in [-0.39, 0.29) is 11.7 Å². The van der Waals surface area contributed by atoms with Crippen LogP contribution in [-0.4, -0.2) is 26.0 Å². The fourth-order valence-electron chi connectivity index (χ4n) is 2.40.